The number of benzene rings is 1. The first-order valence-electron chi connectivity index (χ1n) is 5.83. The number of H-pyrrole nitrogens is 1. The third-order valence-corrected chi connectivity index (χ3v) is 2.63. The monoisotopic (exact) mass is 244 g/mol. The van der Waals surface area contributed by atoms with Crippen molar-refractivity contribution in [1.29, 1.82) is 0 Å². The molecule has 18 heavy (non-hydrogen) atoms. The summed E-state index contributed by atoms with van der Waals surface area (Å²) in [4.78, 5) is 20.6. The Morgan fingerprint density at radius 1 is 1.33 bits per heavy atom. The molecule has 5 heteroatoms. The topological polar surface area (TPSA) is 75.0 Å². The molecule has 1 aromatic heterocycles. The van der Waals surface area contributed by atoms with E-state index in [0.717, 1.165) is 5.56 Å². The minimum Gasteiger partial charge on any atom is -0.341 e. The van der Waals surface area contributed by atoms with Gasteiger partial charge in [0.15, 0.2) is 0 Å². The number of aromatic amines is 1. The highest BCUT2D eigenvalue weighted by molar-refractivity contribution is 5.92. The molecule has 1 amide bonds. The summed E-state index contributed by atoms with van der Waals surface area (Å²) >= 11 is 0. The van der Waals surface area contributed by atoms with Gasteiger partial charge in [0.25, 0.3) is 5.91 Å². The van der Waals surface area contributed by atoms with Crippen LogP contribution in [0.5, 0.6) is 0 Å². The summed E-state index contributed by atoms with van der Waals surface area (Å²) in [6, 6.07) is 9.84. The summed E-state index contributed by atoms with van der Waals surface area (Å²) in [6.45, 7) is 1.51. The van der Waals surface area contributed by atoms with E-state index in [2.05, 4.69) is 9.97 Å². The van der Waals surface area contributed by atoms with Gasteiger partial charge in [-0.3, -0.25) is 4.79 Å². The second-order valence-electron chi connectivity index (χ2n) is 3.97. The quantitative estimate of drug-likeness (QED) is 0.824. The molecule has 0 saturated heterocycles. The zero-order valence-corrected chi connectivity index (χ0v) is 10.0. The van der Waals surface area contributed by atoms with E-state index in [9.17, 15) is 4.79 Å². The van der Waals surface area contributed by atoms with Gasteiger partial charge in [0.2, 0.25) is 0 Å². The maximum absolute atomic E-state index is 12.2. The summed E-state index contributed by atoms with van der Waals surface area (Å²) in [7, 11) is 0. The second-order valence-corrected chi connectivity index (χ2v) is 3.97. The molecule has 0 saturated carbocycles. The number of aromatic nitrogens is 2. The van der Waals surface area contributed by atoms with Crippen LogP contribution in [0, 0.1) is 0 Å². The minimum atomic E-state index is -0.0817. The van der Waals surface area contributed by atoms with E-state index >= 15 is 0 Å². The second kappa shape index (κ2) is 5.97. The fourth-order valence-corrected chi connectivity index (χ4v) is 1.76. The predicted molar refractivity (Wildman–Crippen MR) is 68.8 cm³/mol. The average Bonchev–Trinajstić information content (AvgIpc) is 2.92. The van der Waals surface area contributed by atoms with Crippen LogP contribution in [-0.4, -0.2) is 33.9 Å². The van der Waals surface area contributed by atoms with Crippen LogP contribution in [0.3, 0.4) is 0 Å². The molecule has 0 aliphatic carbocycles. The molecule has 94 valence electrons. The van der Waals surface area contributed by atoms with Gasteiger partial charge in [0.1, 0.15) is 5.69 Å². The van der Waals surface area contributed by atoms with Gasteiger partial charge in [-0.2, -0.15) is 0 Å². The standard InChI is InChI=1S/C13H16N4O/c14-6-7-17(9-11-4-2-1-3-5-11)13(18)12-8-15-10-16-12/h1-5,8,10H,6-7,9,14H2,(H,15,16). The zero-order valence-electron chi connectivity index (χ0n) is 10.0. The van der Waals surface area contributed by atoms with Crippen molar-refractivity contribution in [2.24, 2.45) is 5.73 Å². The van der Waals surface area contributed by atoms with Crippen molar-refractivity contribution >= 4 is 5.91 Å². The van der Waals surface area contributed by atoms with Crippen LogP contribution in [0.1, 0.15) is 16.1 Å². The Balaban J connectivity index is 2.11. The summed E-state index contributed by atoms with van der Waals surface area (Å²) < 4.78 is 0. The van der Waals surface area contributed by atoms with Crippen molar-refractivity contribution in [3.63, 3.8) is 0 Å². The van der Waals surface area contributed by atoms with Gasteiger partial charge < -0.3 is 15.6 Å². The van der Waals surface area contributed by atoms with Crippen molar-refractivity contribution in [3.05, 3.63) is 54.1 Å². The molecule has 0 radical (unpaired) electrons. The molecule has 2 aromatic rings. The Kier molecular flexibility index (Phi) is 4.09. The van der Waals surface area contributed by atoms with Gasteiger partial charge in [-0.1, -0.05) is 30.3 Å². The Bertz CT molecular complexity index is 481. The van der Waals surface area contributed by atoms with Crippen LogP contribution in [0.15, 0.2) is 42.9 Å². The number of nitrogens with one attached hydrogen (secondary N) is 1. The highest BCUT2D eigenvalue weighted by Crippen LogP contribution is 2.07. The number of imidazole rings is 1. The fraction of sp³-hybridized carbons (Fsp3) is 0.231. The van der Waals surface area contributed by atoms with Gasteiger partial charge in [0, 0.05) is 19.6 Å². The van der Waals surface area contributed by atoms with Gasteiger partial charge >= 0.3 is 0 Å². The number of amides is 1. The van der Waals surface area contributed by atoms with Gasteiger partial charge in [-0.15, -0.1) is 0 Å². The summed E-state index contributed by atoms with van der Waals surface area (Å²) in [5, 5.41) is 0. The van der Waals surface area contributed by atoms with E-state index in [1.807, 2.05) is 30.3 Å². The first-order valence-corrected chi connectivity index (χ1v) is 5.83. The van der Waals surface area contributed by atoms with Crippen LogP contribution in [0.2, 0.25) is 0 Å². The largest absolute Gasteiger partial charge is 0.341 e. The number of hydrogen-bond acceptors (Lipinski definition) is 3. The fourth-order valence-electron chi connectivity index (χ4n) is 1.76. The zero-order chi connectivity index (χ0) is 12.8. The Morgan fingerprint density at radius 3 is 2.72 bits per heavy atom. The van der Waals surface area contributed by atoms with Crippen LogP contribution in [0.25, 0.3) is 0 Å². The lowest BCUT2D eigenvalue weighted by molar-refractivity contribution is 0.0743. The van der Waals surface area contributed by atoms with E-state index in [1.54, 1.807) is 4.90 Å². The predicted octanol–water partition coefficient (Wildman–Crippen LogP) is 1.01. The molecule has 5 nitrogen and oxygen atoms in total. The normalized spacial score (nSPS) is 10.3. The third-order valence-electron chi connectivity index (χ3n) is 2.63. The molecule has 0 atom stereocenters. The van der Waals surface area contributed by atoms with Gasteiger partial charge in [-0.05, 0) is 5.56 Å². The van der Waals surface area contributed by atoms with Gasteiger partial charge in [0.05, 0.1) is 12.5 Å². The molecular weight excluding hydrogens is 228 g/mol. The maximum Gasteiger partial charge on any atom is 0.272 e. The van der Waals surface area contributed by atoms with E-state index in [0.29, 0.717) is 25.3 Å². The van der Waals surface area contributed by atoms with Crippen molar-refractivity contribution in [1.82, 2.24) is 14.9 Å². The van der Waals surface area contributed by atoms with Crippen LogP contribution < -0.4 is 5.73 Å². The summed E-state index contributed by atoms with van der Waals surface area (Å²) in [5.74, 6) is -0.0817. The van der Waals surface area contributed by atoms with E-state index in [-0.39, 0.29) is 5.91 Å². The number of carbonyl (C=O) groups is 1. The smallest absolute Gasteiger partial charge is 0.272 e. The van der Waals surface area contributed by atoms with Crippen LogP contribution in [-0.2, 0) is 6.54 Å². The molecule has 0 aliphatic heterocycles. The van der Waals surface area contributed by atoms with Crippen LogP contribution in [0.4, 0.5) is 0 Å². The summed E-state index contributed by atoms with van der Waals surface area (Å²) in [6.07, 6.45) is 3.02. The molecular formula is C13H16N4O. The number of nitrogens with two attached hydrogens (primary N) is 1. The Labute approximate surface area is 106 Å². The molecule has 0 unspecified atom stereocenters. The van der Waals surface area contributed by atoms with E-state index in [4.69, 9.17) is 5.73 Å². The molecule has 1 heterocycles. The summed E-state index contributed by atoms with van der Waals surface area (Å²) in [5.41, 5.74) is 7.12. The third kappa shape index (κ3) is 2.95. The first kappa shape index (κ1) is 12.3. The number of nitrogens with zero attached hydrogens (tertiary/aromatic N) is 2. The lowest BCUT2D eigenvalue weighted by atomic mass is 10.2. The molecule has 0 fully saturated rings. The van der Waals surface area contributed by atoms with E-state index < -0.39 is 0 Å². The van der Waals surface area contributed by atoms with Gasteiger partial charge in [-0.25, -0.2) is 4.98 Å². The lowest BCUT2D eigenvalue weighted by Crippen LogP contribution is -2.35. The molecule has 1 aromatic carbocycles. The van der Waals surface area contributed by atoms with Crippen molar-refractivity contribution in [2.45, 2.75) is 6.54 Å². The molecule has 3 N–H and O–H groups in total. The Morgan fingerprint density at radius 2 is 2.11 bits per heavy atom. The number of rotatable bonds is 5. The van der Waals surface area contributed by atoms with Crippen LogP contribution >= 0.6 is 0 Å². The average molecular weight is 244 g/mol. The SMILES string of the molecule is NCCN(Cc1ccccc1)C(=O)c1cnc[nH]1. The van der Waals surface area contributed by atoms with Crippen molar-refractivity contribution in [3.8, 4) is 0 Å². The highest BCUT2D eigenvalue weighted by atomic mass is 16.2. The minimum absolute atomic E-state index is 0.0817. The Hall–Kier alpha value is -2.14. The van der Waals surface area contributed by atoms with E-state index in [1.165, 1.54) is 12.5 Å². The number of hydrogen-bond donors (Lipinski definition) is 2. The van der Waals surface area contributed by atoms with Crippen molar-refractivity contribution in [2.75, 3.05) is 13.1 Å². The molecule has 0 bridgehead atoms. The first-order chi connectivity index (χ1) is 8.81. The lowest BCUT2D eigenvalue weighted by Gasteiger charge is -2.21. The highest BCUT2D eigenvalue weighted by Gasteiger charge is 2.16. The molecule has 2 rings (SSSR count). The molecule has 0 spiro atoms. The maximum atomic E-state index is 12.2. The molecule has 0 aliphatic rings. The number of carbonyl (C=O) groups excluding carboxylic acids is 1. The van der Waals surface area contributed by atoms with Crippen molar-refractivity contribution < 1.29 is 4.79 Å².